The smallest absolute Gasteiger partial charge is 0.273 e. The van der Waals surface area contributed by atoms with Gasteiger partial charge in [-0.1, -0.05) is 25.1 Å². The summed E-state index contributed by atoms with van der Waals surface area (Å²) >= 11 is 0. The Morgan fingerprint density at radius 3 is 2.86 bits per heavy atom. The highest BCUT2D eigenvalue weighted by molar-refractivity contribution is 6.30. The molecule has 1 aromatic carbocycles. The third kappa shape index (κ3) is 1.82. The Kier molecular flexibility index (Phi) is 2.40. The van der Waals surface area contributed by atoms with Gasteiger partial charge in [-0.15, -0.1) is 0 Å². The standard InChI is InChI=1S/C17H17N3O/c1-17(7-8-17)15-13(16(21)19-18-15)9-11-10-20(2)14-6-4-3-5-12(11)14/h3-6,9-10H,7-8H2,1-2H3,(H,19,21)/b13-9-. The van der Waals surface area contributed by atoms with E-state index < -0.39 is 0 Å². The number of para-hydroxylation sites is 1. The summed E-state index contributed by atoms with van der Waals surface area (Å²) in [6, 6.07) is 8.23. The zero-order valence-electron chi connectivity index (χ0n) is 12.2. The van der Waals surface area contributed by atoms with E-state index in [9.17, 15) is 4.79 Å². The van der Waals surface area contributed by atoms with Crippen LogP contribution in [-0.4, -0.2) is 16.2 Å². The number of nitrogens with zero attached hydrogens (tertiary/aromatic N) is 2. The second kappa shape index (κ2) is 4.07. The Morgan fingerprint density at radius 2 is 2.10 bits per heavy atom. The minimum atomic E-state index is -0.0916. The van der Waals surface area contributed by atoms with Gasteiger partial charge in [0, 0.05) is 35.1 Å². The van der Waals surface area contributed by atoms with E-state index >= 15 is 0 Å². The number of aromatic nitrogens is 1. The Labute approximate surface area is 123 Å². The molecule has 21 heavy (non-hydrogen) atoms. The molecular formula is C17H17N3O. The van der Waals surface area contributed by atoms with Crippen molar-refractivity contribution in [3.05, 3.63) is 41.6 Å². The monoisotopic (exact) mass is 279 g/mol. The number of carbonyl (C=O) groups excluding carboxylic acids is 1. The van der Waals surface area contributed by atoms with Gasteiger partial charge < -0.3 is 4.57 Å². The van der Waals surface area contributed by atoms with Crippen molar-refractivity contribution >= 4 is 28.6 Å². The van der Waals surface area contributed by atoms with E-state index in [0.717, 1.165) is 29.5 Å². The summed E-state index contributed by atoms with van der Waals surface area (Å²) in [5.74, 6) is -0.0916. The molecule has 1 aliphatic carbocycles. The molecule has 1 amide bonds. The number of hydrogen-bond acceptors (Lipinski definition) is 2. The quantitative estimate of drug-likeness (QED) is 0.844. The van der Waals surface area contributed by atoms with Crippen LogP contribution in [0.25, 0.3) is 17.0 Å². The van der Waals surface area contributed by atoms with Crippen molar-refractivity contribution in [3.8, 4) is 0 Å². The Bertz CT molecular complexity index is 822. The average Bonchev–Trinajstić information content (AvgIpc) is 3.00. The van der Waals surface area contributed by atoms with Crippen LogP contribution in [0.4, 0.5) is 0 Å². The minimum Gasteiger partial charge on any atom is -0.350 e. The molecule has 1 fully saturated rings. The van der Waals surface area contributed by atoms with Crippen molar-refractivity contribution in [1.29, 1.82) is 0 Å². The van der Waals surface area contributed by atoms with Gasteiger partial charge in [-0.25, -0.2) is 5.43 Å². The van der Waals surface area contributed by atoms with Gasteiger partial charge in [-0.2, -0.15) is 5.10 Å². The molecule has 2 heterocycles. The molecule has 0 atom stereocenters. The fourth-order valence-electron chi connectivity index (χ4n) is 3.00. The molecule has 1 saturated carbocycles. The van der Waals surface area contributed by atoms with Crippen molar-refractivity contribution in [1.82, 2.24) is 9.99 Å². The lowest BCUT2D eigenvalue weighted by molar-refractivity contribution is -0.116. The number of fused-ring (bicyclic) bond motifs is 1. The van der Waals surface area contributed by atoms with Crippen molar-refractivity contribution in [2.24, 2.45) is 17.6 Å². The molecule has 0 radical (unpaired) electrons. The number of carbonyl (C=O) groups is 1. The number of rotatable bonds is 2. The number of benzene rings is 1. The number of hydrogen-bond donors (Lipinski definition) is 1. The van der Waals surface area contributed by atoms with E-state index in [0.29, 0.717) is 5.57 Å². The molecular weight excluding hydrogens is 262 g/mol. The topological polar surface area (TPSA) is 46.4 Å². The van der Waals surface area contributed by atoms with Crippen LogP contribution in [0, 0.1) is 5.41 Å². The van der Waals surface area contributed by atoms with Gasteiger partial charge in [0.25, 0.3) is 5.91 Å². The molecule has 0 spiro atoms. The zero-order valence-corrected chi connectivity index (χ0v) is 12.2. The van der Waals surface area contributed by atoms with Crippen LogP contribution >= 0.6 is 0 Å². The third-order valence-electron chi connectivity index (χ3n) is 4.57. The number of hydrazone groups is 1. The van der Waals surface area contributed by atoms with E-state index in [1.165, 1.54) is 5.52 Å². The summed E-state index contributed by atoms with van der Waals surface area (Å²) in [7, 11) is 2.02. The molecule has 0 bridgehead atoms. The normalized spacial score (nSPS) is 21.7. The molecule has 106 valence electrons. The lowest BCUT2D eigenvalue weighted by Gasteiger charge is -2.07. The summed E-state index contributed by atoms with van der Waals surface area (Å²) in [4.78, 5) is 12.1. The molecule has 4 nitrogen and oxygen atoms in total. The maximum atomic E-state index is 12.1. The summed E-state index contributed by atoms with van der Waals surface area (Å²) in [5, 5.41) is 5.42. The summed E-state index contributed by atoms with van der Waals surface area (Å²) in [6.07, 6.45) is 6.25. The maximum absolute atomic E-state index is 12.1. The predicted molar refractivity (Wildman–Crippen MR) is 83.8 cm³/mol. The van der Waals surface area contributed by atoms with Crippen LogP contribution in [0.2, 0.25) is 0 Å². The van der Waals surface area contributed by atoms with Crippen molar-refractivity contribution in [2.45, 2.75) is 19.8 Å². The molecule has 4 rings (SSSR count). The lowest BCUT2D eigenvalue weighted by Crippen LogP contribution is -2.17. The van der Waals surface area contributed by atoms with Crippen LogP contribution in [0.1, 0.15) is 25.3 Å². The van der Waals surface area contributed by atoms with Crippen LogP contribution in [0.15, 0.2) is 41.1 Å². The van der Waals surface area contributed by atoms with Crippen molar-refractivity contribution in [2.75, 3.05) is 0 Å². The summed E-state index contributed by atoms with van der Waals surface area (Å²) < 4.78 is 2.09. The Balaban J connectivity index is 1.86. The van der Waals surface area contributed by atoms with E-state index in [2.05, 4.69) is 40.3 Å². The van der Waals surface area contributed by atoms with Gasteiger partial charge in [0.2, 0.25) is 0 Å². The second-order valence-corrected chi connectivity index (χ2v) is 6.23. The maximum Gasteiger partial charge on any atom is 0.273 e. The van der Waals surface area contributed by atoms with E-state index in [1.807, 2.05) is 25.3 Å². The first-order valence-corrected chi connectivity index (χ1v) is 7.23. The number of aryl methyl sites for hydroxylation is 1. The fourth-order valence-corrected chi connectivity index (χ4v) is 3.00. The van der Waals surface area contributed by atoms with Gasteiger partial charge >= 0.3 is 0 Å². The van der Waals surface area contributed by atoms with Crippen LogP contribution in [0.5, 0.6) is 0 Å². The fraction of sp³-hybridized carbons (Fsp3) is 0.294. The second-order valence-electron chi connectivity index (χ2n) is 6.23. The SMILES string of the molecule is Cn1cc(/C=C2\C(=O)NN=C2C2(C)CC2)c2ccccc21. The average molecular weight is 279 g/mol. The lowest BCUT2D eigenvalue weighted by atomic mass is 9.94. The van der Waals surface area contributed by atoms with E-state index in [4.69, 9.17) is 0 Å². The zero-order chi connectivity index (χ0) is 14.6. The van der Waals surface area contributed by atoms with Gasteiger partial charge in [0.15, 0.2) is 0 Å². The largest absolute Gasteiger partial charge is 0.350 e. The van der Waals surface area contributed by atoms with E-state index in [1.54, 1.807) is 0 Å². The highest BCUT2D eigenvalue weighted by Crippen LogP contribution is 2.49. The van der Waals surface area contributed by atoms with E-state index in [-0.39, 0.29) is 11.3 Å². The van der Waals surface area contributed by atoms with Gasteiger partial charge in [0.1, 0.15) is 0 Å². The molecule has 2 aliphatic rings. The summed E-state index contributed by atoms with van der Waals surface area (Å²) in [6.45, 7) is 2.17. The van der Waals surface area contributed by atoms with Crippen molar-refractivity contribution < 1.29 is 4.79 Å². The molecule has 1 N–H and O–H groups in total. The molecule has 2 aromatic rings. The first kappa shape index (κ1) is 12.4. The van der Waals surface area contributed by atoms with Gasteiger partial charge in [-0.3, -0.25) is 4.79 Å². The minimum absolute atomic E-state index is 0.0789. The molecule has 0 saturated heterocycles. The molecule has 0 unspecified atom stereocenters. The predicted octanol–water partition coefficient (Wildman–Crippen LogP) is 2.85. The van der Waals surface area contributed by atoms with Gasteiger partial charge in [0.05, 0.1) is 11.3 Å². The van der Waals surface area contributed by atoms with Gasteiger partial charge in [-0.05, 0) is 25.0 Å². The van der Waals surface area contributed by atoms with Crippen LogP contribution in [0.3, 0.4) is 0 Å². The number of amides is 1. The summed E-state index contributed by atoms with van der Waals surface area (Å²) in [5.41, 5.74) is 6.56. The highest BCUT2D eigenvalue weighted by Gasteiger charge is 2.47. The first-order chi connectivity index (χ1) is 10.1. The third-order valence-corrected chi connectivity index (χ3v) is 4.57. The van der Waals surface area contributed by atoms with Crippen LogP contribution < -0.4 is 5.43 Å². The molecule has 4 heteroatoms. The molecule has 1 aromatic heterocycles. The Hall–Kier alpha value is -2.36. The Morgan fingerprint density at radius 1 is 1.33 bits per heavy atom. The number of nitrogens with one attached hydrogen (secondary N) is 1. The van der Waals surface area contributed by atoms with Crippen molar-refractivity contribution in [3.63, 3.8) is 0 Å². The van der Waals surface area contributed by atoms with Crippen LogP contribution in [-0.2, 0) is 11.8 Å². The molecule has 1 aliphatic heterocycles. The highest BCUT2D eigenvalue weighted by atomic mass is 16.2. The first-order valence-electron chi connectivity index (χ1n) is 7.23.